The lowest BCUT2D eigenvalue weighted by molar-refractivity contribution is -0.121. The highest BCUT2D eigenvalue weighted by atomic mass is 16.2. The molecular weight excluding hydrogens is 390 g/mol. The Balaban J connectivity index is 1.45. The van der Waals surface area contributed by atoms with E-state index in [1.54, 1.807) is 11.0 Å². The molecule has 0 aliphatic heterocycles. The molecule has 0 aliphatic carbocycles. The Kier molecular flexibility index (Phi) is 6.84. The molecule has 7 heteroatoms. The van der Waals surface area contributed by atoms with Crippen LogP contribution in [0.4, 0.5) is 0 Å². The van der Waals surface area contributed by atoms with Gasteiger partial charge in [-0.15, -0.1) is 0 Å². The summed E-state index contributed by atoms with van der Waals surface area (Å²) in [6.45, 7) is 8.61. The predicted molar refractivity (Wildman–Crippen MR) is 120 cm³/mol. The van der Waals surface area contributed by atoms with Crippen LogP contribution >= 0.6 is 0 Å². The third-order valence-electron chi connectivity index (χ3n) is 5.10. The van der Waals surface area contributed by atoms with E-state index in [4.69, 9.17) is 0 Å². The van der Waals surface area contributed by atoms with Crippen molar-refractivity contribution in [2.45, 2.75) is 45.6 Å². The Morgan fingerprint density at radius 1 is 1.03 bits per heavy atom. The largest absolute Gasteiger partial charge is 0.352 e. The first-order chi connectivity index (χ1) is 14.7. The lowest BCUT2D eigenvalue weighted by atomic mass is 9.87. The third-order valence-corrected chi connectivity index (χ3v) is 5.10. The molecule has 1 unspecified atom stereocenters. The summed E-state index contributed by atoms with van der Waals surface area (Å²) in [7, 11) is 0. The molecular formula is C24H29N5O2. The van der Waals surface area contributed by atoms with Crippen LogP contribution in [0.3, 0.4) is 0 Å². The van der Waals surface area contributed by atoms with Gasteiger partial charge < -0.3 is 10.6 Å². The molecule has 2 N–H and O–H groups in total. The average Bonchev–Trinajstić information content (AvgIpc) is 3.28. The first-order valence-corrected chi connectivity index (χ1v) is 10.4. The van der Waals surface area contributed by atoms with Crippen LogP contribution in [-0.2, 0) is 10.2 Å². The number of hydrogen-bond acceptors (Lipinski definition) is 4. The van der Waals surface area contributed by atoms with Crippen LogP contribution in [0.1, 0.15) is 61.6 Å². The zero-order valence-electron chi connectivity index (χ0n) is 18.4. The first-order valence-electron chi connectivity index (χ1n) is 10.4. The van der Waals surface area contributed by atoms with Gasteiger partial charge in [-0.2, -0.15) is 5.10 Å². The van der Waals surface area contributed by atoms with E-state index in [1.807, 2.05) is 55.5 Å². The van der Waals surface area contributed by atoms with Crippen LogP contribution in [0.15, 0.2) is 61.2 Å². The standard InChI is InChI=1S/C24H29N5O2/c1-17(18-7-11-21(12-8-18)29-16-25-15-27-29)28-22(30)13-14-26-23(31)19-5-9-20(10-6-19)24(2,3)4/h5-12,15-17H,13-14H2,1-4H3,(H,26,31)(H,28,30). The summed E-state index contributed by atoms with van der Waals surface area (Å²) in [6.07, 6.45) is 3.33. The molecule has 3 aromatic rings. The second-order valence-electron chi connectivity index (χ2n) is 8.55. The summed E-state index contributed by atoms with van der Waals surface area (Å²) in [4.78, 5) is 28.5. The van der Waals surface area contributed by atoms with E-state index in [9.17, 15) is 9.59 Å². The van der Waals surface area contributed by atoms with E-state index < -0.39 is 0 Å². The van der Waals surface area contributed by atoms with Gasteiger partial charge in [0.05, 0.1) is 11.7 Å². The summed E-state index contributed by atoms with van der Waals surface area (Å²) < 4.78 is 1.67. The molecule has 1 heterocycles. The van der Waals surface area contributed by atoms with Gasteiger partial charge in [0.15, 0.2) is 0 Å². The first kappa shape index (κ1) is 22.2. The topological polar surface area (TPSA) is 88.9 Å². The van der Waals surface area contributed by atoms with Gasteiger partial charge in [-0.1, -0.05) is 45.0 Å². The van der Waals surface area contributed by atoms with Crippen molar-refractivity contribution < 1.29 is 9.59 Å². The molecule has 162 valence electrons. The number of rotatable bonds is 7. The zero-order valence-corrected chi connectivity index (χ0v) is 18.4. The molecule has 0 spiro atoms. The van der Waals surface area contributed by atoms with Crippen molar-refractivity contribution >= 4 is 11.8 Å². The Hall–Kier alpha value is -3.48. The summed E-state index contributed by atoms with van der Waals surface area (Å²) in [5.41, 5.74) is 3.69. The van der Waals surface area contributed by atoms with Crippen molar-refractivity contribution in [3.8, 4) is 5.69 Å². The highest BCUT2D eigenvalue weighted by Crippen LogP contribution is 2.22. The fraction of sp³-hybridized carbons (Fsp3) is 0.333. The van der Waals surface area contributed by atoms with Gasteiger partial charge in [-0.25, -0.2) is 9.67 Å². The molecule has 1 aromatic heterocycles. The van der Waals surface area contributed by atoms with Crippen LogP contribution in [0.5, 0.6) is 0 Å². The number of aromatic nitrogens is 3. The number of carbonyl (C=O) groups is 2. The molecule has 2 amide bonds. The minimum atomic E-state index is -0.176. The highest BCUT2D eigenvalue weighted by molar-refractivity contribution is 5.94. The molecule has 31 heavy (non-hydrogen) atoms. The minimum absolute atomic E-state index is 0.0421. The van der Waals surface area contributed by atoms with Gasteiger partial charge in [-0.05, 0) is 47.7 Å². The maximum Gasteiger partial charge on any atom is 0.251 e. The van der Waals surface area contributed by atoms with Gasteiger partial charge in [-0.3, -0.25) is 9.59 Å². The molecule has 0 saturated heterocycles. The van der Waals surface area contributed by atoms with Gasteiger partial charge in [0, 0.05) is 18.5 Å². The number of nitrogens with one attached hydrogen (secondary N) is 2. The van der Waals surface area contributed by atoms with E-state index in [2.05, 4.69) is 41.5 Å². The summed E-state index contributed by atoms with van der Waals surface area (Å²) in [5, 5.41) is 9.87. The van der Waals surface area contributed by atoms with Crippen LogP contribution in [-0.4, -0.2) is 33.1 Å². The maximum atomic E-state index is 12.3. The molecule has 1 atom stereocenters. The second-order valence-corrected chi connectivity index (χ2v) is 8.55. The van der Waals surface area contributed by atoms with Crippen molar-refractivity contribution in [1.82, 2.24) is 25.4 Å². The van der Waals surface area contributed by atoms with E-state index in [0.717, 1.165) is 11.3 Å². The predicted octanol–water partition coefficient (Wildman–Crippen LogP) is 3.56. The monoisotopic (exact) mass is 419 g/mol. The van der Waals surface area contributed by atoms with Crippen LogP contribution in [0, 0.1) is 0 Å². The van der Waals surface area contributed by atoms with E-state index >= 15 is 0 Å². The van der Waals surface area contributed by atoms with Crippen molar-refractivity contribution in [2.75, 3.05) is 6.54 Å². The Morgan fingerprint density at radius 3 is 2.29 bits per heavy atom. The molecule has 0 bridgehead atoms. The van der Waals surface area contributed by atoms with E-state index in [1.165, 1.54) is 11.9 Å². The second kappa shape index (κ2) is 9.55. The van der Waals surface area contributed by atoms with Crippen LogP contribution in [0.25, 0.3) is 5.69 Å². The number of nitrogens with zero attached hydrogens (tertiary/aromatic N) is 3. The SMILES string of the molecule is CC(NC(=O)CCNC(=O)c1ccc(C(C)(C)C)cc1)c1ccc(-n2cncn2)cc1. The molecule has 0 aliphatic rings. The lowest BCUT2D eigenvalue weighted by Gasteiger charge is -2.19. The number of benzene rings is 2. The molecule has 7 nitrogen and oxygen atoms in total. The molecule has 0 saturated carbocycles. The van der Waals surface area contributed by atoms with E-state index in [0.29, 0.717) is 5.56 Å². The highest BCUT2D eigenvalue weighted by Gasteiger charge is 2.15. The Bertz CT molecular complexity index is 1000. The van der Waals surface area contributed by atoms with Gasteiger partial charge >= 0.3 is 0 Å². The fourth-order valence-electron chi connectivity index (χ4n) is 3.17. The fourth-order valence-corrected chi connectivity index (χ4v) is 3.17. The number of hydrogen-bond donors (Lipinski definition) is 2. The molecule has 0 radical (unpaired) electrons. The Labute approximate surface area is 182 Å². The zero-order chi connectivity index (χ0) is 22.4. The summed E-state index contributed by atoms with van der Waals surface area (Å²) >= 11 is 0. The van der Waals surface area contributed by atoms with Crippen molar-refractivity contribution in [3.63, 3.8) is 0 Å². The number of amides is 2. The summed E-state index contributed by atoms with van der Waals surface area (Å²) in [6, 6.07) is 15.2. The third kappa shape index (κ3) is 6.01. The molecule has 0 fully saturated rings. The Morgan fingerprint density at radius 2 is 1.71 bits per heavy atom. The quantitative estimate of drug-likeness (QED) is 0.613. The summed E-state index contributed by atoms with van der Waals surface area (Å²) in [5.74, 6) is -0.291. The molecule has 3 rings (SSSR count). The van der Waals surface area contributed by atoms with E-state index in [-0.39, 0.29) is 36.2 Å². The minimum Gasteiger partial charge on any atom is -0.352 e. The lowest BCUT2D eigenvalue weighted by Crippen LogP contribution is -2.32. The van der Waals surface area contributed by atoms with Crippen molar-refractivity contribution in [3.05, 3.63) is 77.9 Å². The van der Waals surface area contributed by atoms with Crippen molar-refractivity contribution in [1.29, 1.82) is 0 Å². The van der Waals surface area contributed by atoms with Gasteiger partial charge in [0.25, 0.3) is 5.91 Å². The van der Waals surface area contributed by atoms with Gasteiger partial charge in [0.1, 0.15) is 12.7 Å². The normalized spacial score (nSPS) is 12.3. The van der Waals surface area contributed by atoms with Crippen LogP contribution in [0.2, 0.25) is 0 Å². The average molecular weight is 420 g/mol. The van der Waals surface area contributed by atoms with Crippen LogP contribution < -0.4 is 10.6 Å². The smallest absolute Gasteiger partial charge is 0.251 e. The number of carbonyl (C=O) groups excluding carboxylic acids is 2. The molecule has 2 aromatic carbocycles. The van der Waals surface area contributed by atoms with Crippen molar-refractivity contribution in [2.24, 2.45) is 0 Å². The van der Waals surface area contributed by atoms with Gasteiger partial charge in [0.2, 0.25) is 5.91 Å². The maximum absolute atomic E-state index is 12.3.